The van der Waals surface area contributed by atoms with Crippen LogP contribution in [0.4, 0.5) is 5.69 Å². The van der Waals surface area contributed by atoms with Gasteiger partial charge in [0.1, 0.15) is 0 Å². The van der Waals surface area contributed by atoms with Crippen LogP contribution in [0.15, 0.2) is 46.8 Å². The number of carbonyl (C=O) groups is 2. The molecule has 184 valence electrons. The van der Waals surface area contributed by atoms with E-state index in [1.165, 1.54) is 25.3 Å². The second-order valence-corrected chi connectivity index (χ2v) is 8.41. The number of unbranched alkanes of at least 4 members (excludes halogenated alkanes) is 1. The standard InChI is InChI=1S/C24H32N4O6/c1-16-20(23(29)33-3)22(18-7-6-8-19(15-18)28(31)32)21(17(2)26-16)24(30)34-14-5-4-11-27-12-9-25-10-13-27/h6-8,15,22,25-26H,4-5,9-14H2,1-3H3. The summed E-state index contributed by atoms with van der Waals surface area (Å²) in [5.41, 5.74) is 1.84. The average molecular weight is 473 g/mol. The van der Waals surface area contributed by atoms with E-state index in [2.05, 4.69) is 15.5 Å². The highest BCUT2D eigenvalue weighted by atomic mass is 16.6. The zero-order valence-corrected chi connectivity index (χ0v) is 19.9. The molecule has 3 rings (SSSR count). The van der Waals surface area contributed by atoms with Gasteiger partial charge in [0.2, 0.25) is 0 Å². The molecule has 10 heteroatoms. The first kappa shape index (κ1) is 25.4. The first-order chi connectivity index (χ1) is 16.3. The van der Waals surface area contributed by atoms with Crippen LogP contribution in [0.2, 0.25) is 0 Å². The zero-order valence-electron chi connectivity index (χ0n) is 19.9. The summed E-state index contributed by atoms with van der Waals surface area (Å²) in [6.45, 7) is 8.65. The van der Waals surface area contributed by atoms with Gasteiger partial charge in [0.05, 0.1) is 35.7 Å². The number of nitrogens with one attached hydrogen (secondary N) is 2. The number of dihydropyridines is 1. The molecule has 0 aromatic heterocycles. The van der Waals surface area contributed by atoms with Crippen LogP contribution in [0.5, 0.6) is 0 Å². The van der Waals surface area contributed by atoms with Crippen LogP contribution in [0.25, 0.3) is 0 Å². The minimum Gasteiger partial charge on any atom is -0.466 e. The highest BCUT2D eigenvalue weighted by Crippen LogP contribution is 2.40. The molecular weight excluding hydrogens is 440 g/mol. The van der Waals surface area contributed by atoms with Gasteiger partial charge in [-0.25, -0.2) is 9.59 Å². The number of allylic oxidation sites excluding steroid dienone is 2. The fourth-order valence-corrected chi connectivity index (χ4v) is 4.41. The molecule has 1 atom stereocenters. The molecule has 0 amide bonds. The number of nitro groups is 1. The number of methoxy groups -OCH3 is 1. The van der Waals surface area contributed by atoms with E-state index >= 15 is 0 Å². The summed E-state index contributed by atoms with van der Waals surface area (Å²) < 4.78 is 10.6. The molecule has 2 heterocycles. The van der Waals surface area contributed by atoms with E-state index < -0.39 is 22.8 Å². The Hall–Kier alpha value is -3.24. The molecule has 0 radical (unpaired) electrons. The van der Waals surface area contributed by atoms with Crippen molar-refractivity contribution in [3.05, 3.63) is 62.5 Å². The van der Waals surface area contributed by atoms with Crippen LogP contribution in [-0.2, 0) is 19.1 Å². The van der Waals surface area contributed by atoms with E-state index in [0.717, 1.165) is 45.6 Å². The molecule has 2 aliphatic heterocycles. The van der Waals surface area contributed by atoms with E-state index in [9.17, 15) is 19.7 Å². The van der Waals surface area contributed by atoms with Crippen LogP contribution in [0.3, 0.4) is 0 Å². The van der Waals surface area contributed by atoms with Gasteiger partial charge in [-0.15, -0.1) is 0 Å². The maximum absolute atomic E-state index is 13.2. The highest BCUT2D eigenvalue weighted by molar-refractivity contribution is 5.99. The summed E-state index contributed by atoms with van der Waals surface area (Å²) in [5, 5.41) is 17.7. The lowest BCUT2D eigenvalue weighted by Crippen LogP contribution is -2.43. The number of esters is 2. The average Bonchev–Trinajstić information content (AvgIpc) is 2.83. The number of ether oxygens (including phenoxy) is 2. The van der Waals surface area contributed by atoms with Crippen molar-refractivity contribution in [2.24, 2.45) is 0 Å². The van der Waals surface area contributed by atoms with E-state index in [1.807, 2.05) is 0 Å². The van der Waals surface area contributed by atoms with Crippen LogP contribution in [0, 0.1) is 10.1 Å². The Kier molecular flexibility index (Phi) is 8.78. The largest absolute Gasteiger partial charge is 0.466 e. The quantitative estimate of drug-likeness (QED) is 0.241. The van der Waals surface area contributed by atoms with E-state index in [4.69, 9.17) is 9.47 Å². The molecule has 1 unspecified atom stereocenters. The minimum absolute atomic E-state index is 0.129. The van der Waals surface area contributed by atoms with Crippen molar-refractivity contribution in [2.75, 3.05) is 46.4 Å². The van der Waals surface area contributed by atoms with Crippen molar-refractivity contribution in [3.63, 3.8) is 0 Å². The number of hydrogen-bond acceptors (Lipinski definition) is 9. The maximum Gasteiger partial charge on any atom is 0.336 e. The van der Waals surface area contributed by atoms with Gasteiger partial charge < -0.3 is 25.0 Å². The number of carbonyl (C=O) groups excluding carboxylic acids is 2. The summed E-state index contributed by atoms with van der Waals surface area (Å²) in [7, 11) is 1.26. The number of benzene rings is 1. The molecule has 0 spiro atoms. The number of piperazine rings is 1. The molecule has 0 saturated carbocycles. The highest BCUT2D eigenvalue weighted by Gasteiger charge is 2.38. The van der Waals surface area contributed by atoms with Crippen molar-refractivity contribution in [3.8, 4) is 0 Å². The van der Waals surface area contributed by atoms with Crippen LogP contribution < -0.4 is 10.6 Å². The number of non-ortho nitro benzene ring substituents is 1. The lowest BCUT2D eigenvalue weighted by Gasteiger charge is -2.30. The second kappa shape index (κ2) is 11.8. The second-order valence-electron chi connectivity index (χ2n) is 8.41. The molecular formula is C24H32N4O6. The van der Waals surface area contributed by atoms with Crippen molar-refractivity contribution in [1.82, 2.24) is 15.5 Å². The summed E-state index contributed by atoms with van der Waals surface area (Å²) in [6, 6.07) is 5.94. The van der Waals surface area contributed by atoms with Crippen molar-refractivity contribution in [2.45, 2.75) is 32.6 Å². The Morgan fingerprint density at radius 1 is 1.12 bits per heavy atom. The number of nitro benzene ring substituents is 1. The Morgan fingerprint density at radius 3 is 2.44 bits per heavy atom. The van der Waals surface area contributed by atoms with Crippen LogP contribution in [-0.4, -0.2) is 68.2 Å². The summed E-state index contributed by atoms with van der Waals surface area (Å²) in [5.74, 6) is -2.02. The fraction of sp³-hybridized carbons (Fsp3) is 0.500. The number of hydrogen-bond donors (Lipinski definition) is 2. The molecule has 1 saturated heterocycles. The van der Waals surface area contributed by atoms with Gasteiger partial charge in [-0.2, -0.15) is 0 Å². The number of rotatable bonds is 9. The molecule has 10 nitrogen and oxygen atoms in total. The molecule has 0 aliphatic carbocycles. The third-order valence-corrected chi connectivity index (χ3v) is 6.11. The number of nitrogens with zero attached hydrogens (tertiary/aromatic N) is 2. The first-order valence-corrected chi connectivity index (χ1v) is 11.4. The maximum atomic E-state index is 13.2. The Bertz CT molecular complexity index is 997. The predicted molar refractivity (Wildman–Crippen MR) is 126 cm³/mol. The molecule has 1 aromatic rings. The molecule has 2 N–H and O–H groups in total. The topological polar surface area (TPSA) is 123 Å². The SMILES string of the molecule is COC(=O)C1=C(C)NC(C)=C(C(=O)OCCCCN2CCNCC2)C1c1cccc([N+](=O)[O-])c1. The molecule has 1 aromatic carbocycles. The summed E-state index contributed by atoms with van der Waals surface area (Å²) in [4.78, 5) is 39.1. The van der Waals surface area contributed by atoms with Gasteiger partial charge in [-0.3, -0.25) is 10.1 Å². The third-order valence-electron chi connectivity index (χ3n) is 6.11. The summed E-state index contributed by atoms with van der Waals surface area (Å²) in [6.07, 6.45) is 1.62. The van der Waals surface area contributed by atoms with Crippen LogP contribution in [0.1, 0.15) is 38.2 Å². The van der Waals surface area contributed by atoms with Crippen molar-refractivity contribution >= 4 is 17.6 Å². The molecule has 34 heavy (non-hydrogen) atoms. The van der Waals surface area contributed by atoms with Gasteiger partial charge >= 0.3 is 11.9 Å². The predicted octanol–water partition coefficient (Wildman–Crippen LogP) is 2.23. The minimum atomic E-state index is -0.845. The Balaban J connectivity index is 1.78. The normalized spacial score (nSPS) is 19.0. The Morgan fingerprint density at radius 2 is 1.79 bits per heavy atom. The van der Waals surface area contributed by atoms with Crippen molar-refractivity contribution in [1.29, 1.82) is 0 Å². The van der Waals surface area contributed by atoms with Crippen LogP contribution >= 0.6 is 0 Å². The smallest absolute Gasteiger partial charge is 0.336 e. The first-order valence-electron chi connectivity index (χ1n) is 11.4. The molecule has 0 bridgehead atoms. The van der Waals surface area contributed by atoms with E-state index in [-0.39, 0.29) is 23.4 Å². The van der Waals surface area contributed by atoms with Gasteiger partial charge in [-0.1, -0.05) is 12.1 Å². The monoisotopic (exact) mass is 472 g/mol. The summed E-state index contributed by atoms with van der Waals surface area (Å²) >= 11 is 0. The van der Waals surface area contributed by atoms with E-state index in [1.54, 1.807) is 19.9 Å². The van der Waals surface area contributed by atoms with Crippen molar-refractivity contribution < 1.29 is 24.0 Å². The van der Waals surface area contributed by atoms with Gasteiger partial charge in [0.25, 0.3) is 5.69 Å². The third kappa shape index (κ3) is 6.00. The van der Waals surface area contributed by atoms with Gasteiger partial charge in [0, 0.05) is 49.7 Å². The zero-order chi connectivity index (χ0) is 24.7. The fourth-order valence-electron chi connectivity index (χ4n) is 4.41. The molecule has 2 aliphatic rings. The lowest BCUT2D eigenvalue weighted by atomic mass is 9.80. The molecule has 1 fully saturated rings. The van der Waals surface area contributed by atoms with Gasteiger partial charge in [-0.05, 0) is 38.8 Å². The Labute approximate surface area is 199 Å². The lowest BCUT2D eigenvalue weighted by molar-refractivity contribution is -0.384. The van der Waals surface area contributed by atoms with Gasteiger partial charge in [0.15, 0.2) is 0 Å². The van der Waals surface area contributed by atoms with E-state index in [0.29, 0.717) is 17.0 Å².